The molecule has 1 aromatic rings. The van der Waals surface area contributed by atoms with Gasteiger partial charge in [-0.05, 0) is 71.2 Å². The monoisotopic (exact) mass is 333 g/mol. The van der Waals surface area contributed by atoms with Crippen LogP contribution in [0.5, 0.6) is 11.5 Å². The van der Waals surface area contributed by atoms with Crippen LogP contribution in [0.15, 0.2) is 18.2 Å². The van der Waals surface area contributed by atoms with Gasteiger partial charge < -0.3 is 15.2 Å². The molecule has 0 aromatic heterocycles. The molecule has 1 unspecified atom stereocenters. The third-order valence-electron chi connectivity index (χ3n) is 3.85. The number of nitrogens with two attached hydrogens (primary N) is 1. The average Bonchev–Trinajstić information content (AvgIpc) is 2.45. The van der Waals surface area contributed by atoms with E-state index in [-0.39, 0.29) is 24.2 Å². The van der Waals surface area contributed by atoms with Gasteiger partial charge in [-0.15, -0.1) is 0 Å². The van der Waals surface area contributed by atoms with Gasteiger partial charge in [0.05, 0.1) is 18.2 Å². The molecule has 133 valence electrons. The summed E-state index contributed by atoms with van der Waals surface area (Å²) in [5.74, 6) is 1.31. The summed E-state index contributed by atoms with van der Waals surface area (Å²) in [5.41, 5.74) is 6.62. The molecular weight excluding hydrogens is 304 g/mol. The van der Waals surface area contributed by atoms with Crippen LogP contribution in [0.1, 0.15) is 46.1 Å². The van der Waals surface area contributed by atoms with Gasteiger partial charge in [-0.2, -0.15) is 0 Å². The summed E-state index contributed by atoms with van der Waals surface area (Å²) < 4.78 is 11.7. The van der Waals surface area contributed by atoms with Crippen molar-refractivity contribution in [3.63, 3.8) is 0 Å². The van der Waals surface area contributed by atoms with Crippen molar-refractivity contribution >= 4 is 5.91 Å². The van der Waals surface area contributed by atoms with E-state index in [1.807, 2.05) is 45.9 Å². The van der Waals surface area contributed by atoms with Crippen LogP contribution < -0.4 is 15.2 Å². The summed E-state index contributed by atoms with van der Waals surface area (Å²) in [5, 5.41) is 0. The first-order chi connectivity index (χ1) is 11.3. The second-order valence-corrected chi connectivity index (χ2v) is 6.85. The van der Waals surface area contributed by atoms with Gasteiger partial charge in [-0.1, -0.05) is 0 Å². The zero-order chi connectivity index (χ0) is 17.7. The summed E-state index contributed by atoms with van der Waals surface area (Å²) in [4.78, 5) is 13.8. The number of piperidine rings is 1. The predicted octanol–water partition coefficient (Wildman–Crippen LogP) is 2.91. The third-order valence-corrected chi connectivity index (χ3v) is 3.85. The van der Waals surface area contributed by atoms with Crippen molar-refractivity contribution in [1.29, 1.82) is 0 Å². The molecule has 24 heavy (non-hydrogen) atoms. The maximum Gasteiger partial charge on any atom is 0.234 e. The first kappa shape index (κ1) is 18.6. The molecule has 0 saturated carbocycles. The SMILES string of the molecule is CC(C)Oc1cc(CN2CC[CH]CC2C(N)=O)cc(OC(C)C)c1. The van der Waals surface area contributed by atoms with Crippen LogP contribution in [0, 0.1) is 6.42 Å². The molecule has 1 amide bonds. The number of nitrogens with zero attached hydrogens (tertiary/aromatic N) is 1. The van der Waals surface area contributed by atoms with Crippen molar-refractivity contribution in [2.24, 2.45) is 5.73 Å². The lowest BCUT2D eigenvalue weighted by molar-refractivity contribution is -0.124. The van der Waals surface area contributed by atoms with Crippen LogP contribution >= 0.6 is 0 Å². The van der Waals surface area contributed by atoms with E-state index in [0.29, 0.717) is 13.0 Å². The fourth-order valence-corrected chi connectivity index (χ4v) is 2.96. The minimum Gasteiger partial charge on any atom is -0.491 e. The topological polar surface area (TPSA) is 64.8 Å². The Kier molecular flexibility index (Phi) is 6.49. The van der Waals surface area contributed by atoms with Crippen molar-refractivity contribution in [3.05, 3.63) is 30.2 Å². The van der Waals surface area contributed by atoms with Crippen LogP contribution in [0.4, 0.5) is 0 Å². The van der Waals surface area contributed by atoms with E-state index in [2.05, 4.69) is 11.3 Å². The van der Waals surface area contributed by atoms with E-state index in [0.717, 1.165) is 30.0 Å². The highest BCUT2D eigenvalue weighted by atomic mass is 16.5. The van der Waals surface area contributed by atoms with Gasteiger partial charge in [-0.3, -0.25) is 9.69 Å². The van der Waals surface area contributed by atoms with E-state index in [1.165, 1.54) is 0 Å². The van der Waals surface area contributed by atoms with E-state index in [4.69, 9.17) is 15.2 Å². The summed E-state index contributed by atoms with van der Waals surface area (Å²) in [6.07, 6.45) is 4.01. The van der Waals surface area contributed by atoms with Gasteiger partial charge >= 0.3 is 0 Å². The summed E-state index contributed by atoms with van der Waals surface area (Å²) in [6.45, 7) is 9.49. The largest absolute Gasteiger partial charge is 0.491 e. The number of hydrogen-bond acceptors (Lipinski definition) is 4. The molecule has 1 saturated heterocycles. The Bertz CT molecular complexity index is 529. The normalized spacial score (nSPS) is 18.8. The zero-order valence-electron chi connectivity index (χ0n) is 15.1. The van der Waals surface area contributed by atoms with Crippen LogP contribution in [0.2, 0.25) is 0 Å². The quantitative estimate of drug-likeness (QED) is 0.833. The Morgan fingerprint density at radius 1 is 1.17 bits per heavy atom. The van der Waals surface area contributed by atoms with E-state index >= 15 is 0 Å². The van der Waals surface area contributed by atoms with Crippen LogP contribution in [-0.2, 0) is 11.3 Å². The number of carbonyl (C=O) groups excluding carboxylic acids is 1. The Labute approximate surface area is 145 Å². The fourth-order valence-electron chi connectivity index (χ4n) is 2.96. The third kappa shape index (κ3) is 5.41. The molecule has 1 aromatic carbocycles. The highest BCUT2D eigenvalue weighted by Gasteiger charge is 2.27. The van der Waals surface area contributed by atoms with Crippen LogP contribution in [0.25, 0.3) is 0 Å². The van der Waals surface area contributed by atoms with Gasteiger partial charge in [-0.25, -0.2) is 0 Å². The number of carbonyl (C=O) groups is 1. The molecule has 5 nitrogen and oxygen atoms in total. The molecule has 2 rings (SSSR count). The van der Waals surface area contributed by atoms with E-state index in [9.17, 15) is 4.79 Å². The smallest absolute Gasteiger partial charge is 0.234 e. The Balaban J connectivity index is 2.21. The van der Waals surface area contributed by atoms with Crippen molar-refractivity contribution in [2.45, 2.75) is 65.3 Å². The molecule has 5 heteroatoms. The maximum atomic E-state index is 11.7. The second kappa shape index (κ2) is 8.38. The van der Waals surface area contributed by atoms with Crippen molar-refractivity contribution < 1.29 is 14.3 Å². The molecule has 1 atom stereocenters. The first-order valence-electron chi connectivity index (χ1n) is 8.67. The summed E-state index contributed by atoms with van der Waals surface area (Å²) in [7, 11) is 0. The number of ether oxygens (including phenoxy) is 2. The summed E-state index contributed by atoms with van der Waals surface area (Å²) in [6, 6.07) is 5.72. The Hall–Kier alpha value is -1.75. The van der Waals surface area contributed by atoms with Gasteiger partial charge in [0.25, 0.3) is 0 Å². The lowest BCUT2D eigenvalue weighted by Gasteiger charge is -2.33. The Morgan fingerprint density at radius 3 is 2.25 bits per heavy atom. The molecule has 1 radical (unpaired) electrons. The predicted molar refractivity (Wildman–Crippen MR) is 94.9 cm³/mol. The van der Waals surface area contributed by atoms with Crippen molar-refractivity contribution in [2.75, 3.05) is 6.54 Å². The number of benzene rings is 1. The van der Waals surface area contributed by atoms with Gasteiger partial charge in [0.1, 0.15) is 11.5 Å². The molecule has 1 aliphatic rings. The minimum absolute atomic E-state index is 0.0927. The molecule has 0 bridgehead atoms. The first-order valence-corrected chi connectivity index (χ1v) is 8.67. The fraction of sp³-hybridized carbons (Fsp3) is 0.579. The van der Waals surface area contributed by atoms with Crippen LogP contribution in [-0.4, -0.2) is 35.6 Å². The summed E-state index contributed by atoms with van der Waals surface area (Å²) >= 11 is 0. The zero-order valence-corrected chi connectivity index (χ0v) is 15.1. The van der Waals surface area contributed by atoms with E-state index in [1.54, 1.807) is 0 Å². The Morgan fingerprint density at radius 2 is 1.75 bits per heavy atom. The molecular formula is C19H29N2O3. The number of hydrogen-bond donors (Lipinski definition) is 1. The molecule has 0 aliphatic carbocycles. The molecule has 0 spiro atoms. The van der Waals surface area contributed by atoms with Gasteiger partial charge in [0, 0.05) is 12.6 Å². The number of amides is 1. The van der Waals surface area contributed by atoms with E-state index < -0.39 is 0 Å². The number of rotatable bonds is 7. The lowest BCUT2D eigenvalue weighted by atomic mass is 10.0. The molecule has 2 N–H and O–H groups in total. The maximum absolute atomic E-state index is 11.7. The highest BCUT2D eigenvalue weighted by molar-refractivity contribution is 5.80. The molecule has 1 aliphatic heterocycles. The van der Waals surface area contributed by atoms with Gasteiger partial charge in [0.15, 0.2) is 0 Å². The van der Waals surface area contributed by atoms with Gasteiger partial charge in [0.2, 0.25) is 5.91 Å². The number of primary amides is 1. The minimum atomic E-state index is -0.265. The van der Waals surface area contributed by atoms with Crippen molar-refractivity contribution in [1.82, 2.24) is 4.90 Å². The highest BCUT2D eigenvalue weighted by Crippen LogP contribution is 2.27. The lowest BCUT2D eigenvalue weighted by Crippen LogP contribution is -2.47. The average molecular weight is 333 g/mol. The second-order valence-electron chi connectivity index (χ2n) is 6.85. The van der Waals surface area contributed by atoms with Crippen molar-refractivity contribution in [3.8, 4) is 11.5 Å². The number of likely N-dealkylation sites (tertiary alicyclic amines) is 1. The molecule has 1 heterocycles. The standard InChI is InChI=1S/C19H29N2O3/c1-13(2)23-16-9-15(10-17(11-16)24-14(3)4)12-21-8-6-5-7-18(21)19(20)22/h5,9-11,13-14,18H,6-8,12H2,1-4H3,(H2,20,22). The van der Waals surface area contributed by atoms with Crippen LogP contribution in [0.3, 0.4) is 0 Å². The molecule has 1 fully saturated rings.